The number of rotatable bonds is 4. The summed E-state index contributed by atoms with van der Waals surface area (Å²) < 4.78 is 27.2. The van der Waals surface area contributed by atoms with Crippen LogP contribution in [0.5, 0.6) is 0 Å². The Balaban J connectivity index is 1.39. The van der Waals surface area contributed by atoms with Crippen molar-refractivity contribution in [3.05, 3.63) is 41.4 Å². The minimum Gasteiger partial charge on any atom is -0.345 e. The van der Waals surface area contributed by atoms with Crippen molar-refractivity contribution >= 4 is 32.4 Å². The number of aromatic nitrogens is 1. The van der Waals surface area contributed by atoms with E-state index in [1.165, 1.54) is 0 Å². The van der Waals surface area contributed by atoms with Crippen LogP contribution in [0, 0.1) is 5.92 Å². The molecule has 0 saturated carbocycles. The van der Waals surface area contributed by atoms with Gasteiger partial charge in [0.25, 0.3) is 5.91 Å². The number of piperazine rings is 1. The number of anilines is 1. The number of nitrogens with zero attached hydrogens (tertiary/aromatic N) is 4. The summed E-state index contributed by atoms with van der Waals surface area (Å²) in [6.45, 7) is 6.04. The minimum absolute atomic E-state index is 0.0560. The van der Waals surface area contributed by atoms with Crippen LogP contribution in [0.2, 0.25) is 0 Å². The largest absolute Gasteiger partial charge is 0.345 e. The zero-order valence-corrected chi connectivity index (χ0v) is 18.2. The van der Waals surface area contributed by atoms with E-state index in [4.69, 9.17) is 0 Å². The Morgan fingerprint density at radius 3 is 2.28 bits per heavy atom. The van der Waals surface area contributed by atoms with Crippen LogP contribution >= 0.6 is 11.3 Å². The van der Waals surface area contributed by atoms with E-state index in [-0.39, 0.29) is 10.8 Å². The molecule has 3 heterocycles. The van der Waals surface area contributed by atoms with E-state index in [2.05, 4.69) is 16.8 Å². The van der Waals surface area contributed by atoms with Crippen molar-refractivity contribution in [2.24, 2.45) is 5.92 Å². The maximum Gasteiger partial charge on any atom is 0.253 e. The van der Waals surface area contributed by atoms with Gasteiger partial charge in [-0.05, 0) is 43.0 Å². The molecule has 29 heavy (non-hydrogen) atoms. The van der Waals surface area contributed by atoms with Gasteiger partial charge in [-0.15, -0.1) is 11.3 Å². The van der Waals surface area contributed by atoms with Gasteiger partial charge >= 0.3 is 0 Å². The molecule has 9 heteroatoms. The van der Waals surface area contributed by atoms with E-state index in [0.717, 1.165) is 31.1 Å². The van der Waals surface area contributed by atoms with Crippen molar-refractivity contribution in [1.29, 1.82) is 0 Å². The van der Waals surface area contributed by atoms with Gasteiger partial charge in [0.2, 0.25) is 10.0 Å². The number of thiazole rings is 1. The fraction of sp³-hybridized carbons (Fsp3) is 0.500. The highest BCUT2D eigenvalue weighted by molar-refractivity contribution is 7.89. The molecule has 0 radical (unpaired) electrons. The summed E-state index contributed by atoms with van der Waals surface area (Å²) in [6, 6.07) is 6.39. The predicted octanol–water partition coefficient (Wildman–Crippen LogP) is 2.53. The van der Waals surface area contributed by atoms with Crippen LogP contribution < -0.4 is 4.90 Å². The summed E-state index contributed by atoms with van der Waals surface area (Å²) in [5, 5.41) is 2.94. The molecule has 0 aliphatic carbocycles. The second-order valence-corrected chi connectivity index (χ2v) is 10.5. The first-order valence-corrected chi connectivity index (χ1v) is 12.3. The Hall–Kier alpha value is -1.97. The van der Waals surface area contributed by atoms with Crippen LogP contribution in [0.1, 0.15) is 30.1 Å². The molecule has 0 spiro atoms. The van der Waals surface area contributed by atoms with Crippen molar-refractivity contribution in [2.75, 3.05) is 44.2 Å². The highest BCUT2D eigenvalue weighted by Crippen LogP contribution is 2.24. The summed E-state index contributed by atoms with van der Waals surface area (Å²) >= 11 is 1.60. The lowest BCUT2D eigenvalue weighted by atomic mass is 10.0. The maximum absolute atomic E-state index is 12.8. The fourth-order valence-corrected chi connectivity index (χ4v) is 5.97. The molecule has 2 fully saturated rings. The molecular formula is C20H26N4O3S2. The lowest BCUT2D eigenvalue weighted by Gasteiger charge is -2.34. The number of piperidine rings is 1. The quantitative estimate of drug-likeness (QED) is 0.739. The molecular weight excluding hydrogens is 408 g/mol. The number of hydrogen-bond donors (Lipinski definition) is 0. The SMILES string of the molecule is CC1CCN(S(=O)(=O)c2ccc(C(=O)N3CCN(c4nccs4)CC3)cc2)CC1. The van der Waals surface area contributed by atoms with Gasteiger partial charge in [0.1, 0.15) is 0 Å². The van der Waals surface area contributed by atoms with Gasteiger partial charge in [0.15, 0.2) is 5.13 Å². The molecule has 2 aliphatic rings. The van der Waals surface area contributed by atoms with Crippen LogP contribution in [0.3, 0.4) is 0 Å². The van der Waals surface area contributed by atoms with Crippen LogP contribution in [-0.2, 0) is 10.0 Å². The van der Waals surface area contributed by atoms with E-state index < -0.39 is 10.0 Å². The Labute approximate surface area is 176 Å². The number of sulfonamides is 1. The summed E-state index contributed by atoms with van der Waals surface area (Å²) in [4.78, 5) is 21.4. The molecule has 1 amide bonds. The summed E-state index contributed by atoms with van der Waals surface area (Å²) in [6.07, 6.45) is 3.57. The van der Waals surface area contributed by atoms with E-state index in [9.17, 15) is 13.2 Å². The Kier molecular flexibility index (Phi) is 5.89. The third-order valence-electron chi connectivity index (χ3n) is 5.74. The second kappa shape index (κ2) is 8.41. The minimum atomic E-state index is -3.49. The number of carbonyl (C=O) groups is 1. The standard InChI is InChI=1S/C20H26N4O3S2/c1-16-6-9-24(10-7-16)29(26,27)18-4-2-17(3-5-18)19(25)22-11-13-23(14-12-22)20-21-8-15-28-20/h2-5,8,15-16H,6-7,9-14H2,1H3. The number of carbonyl (C=O) groups excluding carboxylic acids is 1. The van der Waals surface area contributed by atoms with Crippen LogP contribution in [0.25, 0.3) is 0 Å². The molecule has 2 aliphatic heterocycles. The third-order valence-corrected chi connectivity index (χ3v) is 8.48. The van der Waals surface area contributed by atoms with Crippen LogP contribution in [0.4, 0.5) is 5.13 Å². The van der Waals surface area contributed by atoms with Crippen molar-refractivity contribution in [1.82, 2.24) is 14.2 Å². The average Bonchev–Trinajstić information content (AvgIpc) is 3.29. The fourth-order valence-electron chi connectivity index (χ4n) is 3.80. The zero-order valence-electron chi connectivity index (χ0n) is 16.5. The highest BCUT2D eigenvalue weighted by Gasteiger charge is 2.29. The van der Waals surface area contributed by atoms with E-state index in [1.807, 2.05) is 10.3 Å². The molecule has 2 aromatic rings. The first-order valence-electron chi connectivity index (χ1n) is 9.99. The predicted molar refractivity (Wildman–Crippen MR) is 114 cm³/mol. The molecule has 4 rings (SSSR count). The molecule has 7 nitrogen and oxygen atoms in total. The first-order chi connectivity index (χ1) is 13.9. The number of benzene rings is 1. The van der Waals surface area contributed by atoms with E-state index in [0.29, 0.717) is 37.7 Å². The molecule has 0 bridgehead atoms. The summed E-state index contributed by atoms with van der Waals surface area (Å²) in [7, 11) is -3.49. The lowest BCUT2D eigenvalue weighted by Crippen LogP contribution is -2.48. The monoisotopic (exact) mass is 434 g/mol. The van der Waals surface area contributed by atoms with Gasteiger partial charge in [-0.2, -0.15) is 4.31 Å². The van der Waals surface area contributed by atoms with Crippen LogP contribution in [0.15, 0.2) is 40.7 Å². The number of hydrogen-bond acceptors (Lipinski definition) is 6. The smallest absolute Gasteiger partial charge is 0.253 e. The zero-order chi connectivity index (χ0) is 20.4. The normalized spacial score (nSPS) is 19.5. The third kappa shape index (κ3) is 4.31. The van der Waals surface area contributed by atoms with Gasteiger partial charge in [-0.25, -0.2) is 13.4 Å². The Morgan fingerprint density at radius 1 is 1.03 bits per heavy atom. The van der Waals surface area contributed by atoms with Crippen molar-refractivity contribution in [2.45, 2.75) is 24.7 Å². The van der Waals surface area contributed by atoms with Gasteiger partial charge in [0, 0.05) is 56.4 Å². The van der Waals surface area contributed by atoms with Gasteiger partial charge in [0.05, 0.1) is 4.90 Å². The molecule has 156 valence electrons. The lowest BCUT2D eigenvalue weighted by molar-refractivity contribution is 0.0746. The highest BCUT2D eigenvalue weighted by atomic mass is 32.2. The van der Waals surface area contributed by atoms with Gasteiger partial charge in [-0.1, -0.05) is 6.92 Å². The van der Waals surface area contributed by atoms with Crippen molar-refractivity contribution < 1.29 is 13.2 Å². The topological polar surface area (TPSA) is 73.8 Å². The molecule has 2 saturated heterocycles. The van der Waals surface area contributed by atoms with E-state index >= 15 is 0 Å². The van der Waals surface area contributed by atoms with Crippen molar-refractivity contribution in [3.63, 3.8) is 0 Å². The molecule has 1 aromatic heterocycles. The molecule has 0 N–H and O–H groups in total. The average molecular weight is 435 g/mol. The maximum atomic E-state index is 12.8. The summed E-state index contributed by atoms with van der Waals surface area (Å²) in [5.41, 5.74) is 0.527. The second-order valence-electron chi connectivity index (χ2n) is 7.70. The number of amides is 1. The van der Waals surface area contributed by atoms with Crippen LogP contribution in [-0.4, -0.2) is 67.8 Å². The molecule has 0 atom stereocenters. The Morgan fingerprint density at radius 2 is 1.69 bits per heavy atom. The molecule has 0 unspecified atom stereocenters. The summed E-state index contributed by atoms with van der Waals surface area (Å²) in [5.74, 6) is 0.511. The van der Waals surface area contributed by atoms with Gasteiger partial charge < -0.3 is 9.80 Å². The van der Waals surface area contributed by atoms with Gasteiger partial charge in [-0.3, -0.25) is 4.79 Å². The Bertz CT molecular complexity index is 929. The van der Waals surface area contributed by atoms with E-state index in [1.54, 1.807) is 46.1 Å². The first kappa shape index (κ1) is 20.3. The van der Waals surface area contributed by atoms with Crippen molar-refractivity contribution in [3.8, 4) is 0 Å². The molecule has 1 aromatic carbocycles.